The summed E-state index contributed by atoms with van der Waals surface area (Å²) in [5, 5.41) is 0. The molecular weight excluding hydrogens is 252 g/mol. The molecule has 1 saturated heterocycles. The predicted molar refractivity (Wildman–Crippen MR) is 79.5 cm³/mol. The molecule has 1 aliphatic rings. The second kappa shape index (κ2) is 6.75. The van der Waals surface area contributed by atoms with E-state index in [1.54, 1.807) is 7.11 Å². The summed E-state index contributed by atoms with van der Waals surface area (Å²) in [7, 11) is 1.64. The largest absolute Gasteiger partial charge is 0.497 e. The average molecular weight is 276 g/mol. The van der Waals surface area contributed by atoms with Crippen LogP contribution in [0.15, 0.2) is 24.3 Å². The molecule has 1 aromatic rings. The second-order valence-electron chi connectivity index (χ2n) is 5.65. The quantitative estimate of drug-likeness (QED) is 0.918. The summed E-state index contributed by atoms with van der Waals surface area (Å²) < 4.78 is 5.14. The molecule has 4 nitrogen and oxygen atoms in total. The number of nitrogens with two attached hydrogens (primary N) is 1. The van der Waals surface area contributed by atoms with Crippen molar-refractivity contribution in [3.63, 3.8) is 0 Å². The number of hydrogen-bond donors (Lipinski definition) is 1. The van der Waals surface area contributed by atoms with Crippen LogP contribution in [0.4, 0.5) is 0 Å². The van der Waals surface area contributed by atoms with E-state index in [9.17, 15) is 4.79 Å². The van der Waals surface area contributed by atoms with Crippen LogP contribution < -0.4 is 10.5 Å². The number of amides is 1. The van der Waals surface area contributed by atoms with Gasteiger partial charge in [0.25, 0.3) is 0 Å². The van der Waals surface area contributed by atoms with E-state index >= 15 is 0 Å². The van der Waals surface area contributed by atoms with E-state index in [1.807, 2.05) is 29.2 Å². The van der Waals surface area contributed by atoms with E-state index < -0.39 is 0 Å². The number of hydrogen-bond acceptors (Lipinski definition) is 3. The third-order valence-electron chi connectivity index (χ3n) is 4.06. The molecule has 1 heterocycles. The lowest BCUT2D eigenvalue weighted by Crippen LogP contribution is -2.36. The van der Waals surface area contributed by atoms with Crippen LogP contribution in [0.5, 0.6) is 5.75 Å². The van der Waals surface area contributed by atoms with Gasteiger partial charge in [0.15, 0.2) is 0 Å². The molecule has 1 fully saturated rings. The summed E-state index contributed by atoms with van der Waals surface area (Å²) in [4.78, 5) is 14.0. The lowest BCUT2D eigenvalue weighted by molar-refractivity contribution is -0.130. The number of rotatable bonds is 4. The zero-order valence-corrected chi connectivity index (χ0v) is 12.3. The SMILES string of the molecule is COc1ccc(C(N)CN2CCC(C)CCC2=O)cc1. The number of nitrogens with zero attached hydrogens (tertiary/aromatic N) is 1. The molecule has 0 bridgehead atoms. The van der Waals surface area contributed by atoms with Crippen molar-refractivity contribution in [3.05, 3.63) is 29.8 Å². The summed E-state index contributed by atoms with van der Waals surface area (Å²) in [5.41, 5.74) is 7.27. The first-order valence-electron chi connectivity index (χ1n) is 7.27. The summed E-state index contributed by atoms with van der Waals surface area (Å²) >= 11 is 0. The summed E-state index contributed by atoms with van der Waals surface area (Å²) in [6, 6.07) is 7.60. The highest BCUT2D eigenvalue weighted by molar-refractivity contribution is 5.76. The van der Waals surface area contributed by atoms with Crippen LogP contribution in [-0.4, -0.2) is 31.0 Å². The number of carbonyl (C=O) groups is 1. The average Bonchev–Trinajstić information content (AvgIpc) is 2.63. The van der Waals surface area contributed by atoms with E-state index in [0.717, 1.165) is 30.7 Å². The molecule has 2 N–H and O–H groups in total. The molecule has 0 aromatic heterocycles. The molecule has 2 rings (SSSR count). The maximum absolute atomic E-state index is 12.1. The Morgan fingerprint density at radius 2 is 2.05 bits per heavy atom. The lowest BCUT2D eigenvalue weighted by atomic mass is 10.0. The fraction of sp³-hybridized carbons (Fsp3) is 0.562. The summed E-state index contributed by atoms with van der Waals surface area (Å²) in [6.07, 6.45) is 2.71. The highest BCUT2D eigenvalue weighted by Gasteiger charge is 2.22. The Balaban J connectivity index is 1.98. The molecule has 4 heteroatoms. The molecule has 0 aliphatic carbocycles. The Morgan fingerprint density at radius 1 is 1.35 bits per heavy atom. The Kier molecular flexibility index (Phi) is 5.01. The zero-order chi connectivity index (χ0) is 14.5. The van der Waals surface area contributed by atoms with E-state index in [0.29, 0.717) is 18.9 Å². The molecule has 0 radical (unpaired) electrons. The highest BCUT2D eigenvalue weighted by Crippen LogP contribution is 2.21. The normalized spacial score (nSPS) is 21.4. The third-order valence-corrected chi connectivity index (χ3v) is 4.06. The van der Waals surface area contributed by atoms with Crippen molar-refractivity contribution < 1.29 is 9.53 Å². The first kappa shape index (κ1) is 14.9. The molecular formula is C16H24N2O2. The van der Waals surface area contributed by atoms with Gasteiger partial charge in [-0.1, -0.05) is 19.1 Å². The van der Waals surface area contributed by atoms with Crippen LogP contribution in [0.2, 0.25) is 0 Å². The Hall–Kier alpha value is -1.55. The van der Waals surface area contributed by atoms with Crippen molar-refractivity contribution in [1.82, 2.24) is 4.90 Å². The van der Waals surface area contributed by atoms with Crippen LogP contribution in [0, 0.1) is 5.92 Å². The van der Waals surface area contributed by atoms with Gasteiger partial charge in [-0.05, 0) is 36.5 Å². The topological polar surface area (TPSA) is 55.6 Å². The minimum atomic E-state index is -0.140. The molecule has 0 saturated carbocycles. The zero-order valence-electron chi connectivity index (χ0n) is 12.3. The van der Waals surface area contributed by atoms with Gasteiger partial charge >= 0.3 is 0 Å². The van der Waals surface area contributed by atoms with Gasteiger partial charge < -0.3 is 15.4 Å². The van der Waals surface area contributed by atoms with Gasteiger partial charge in [-0.25, -0.2) is 0 Å². The van der Waals surface area contributed by atoms with E-state index in [4.69, 9.17) is 10.5 Å². The maximum Gasteiger partial charge on any atom is 0.222 e. The third kappa shape index (κ3) is 3.73. The standard InChI is InChI=1S/C16H24N2O2/c1-12-3-8-16(19)18(10-9-12)11-15(17)13-4-6-14(20-2)7-5-13/h4-7,12,15H,3,8-11,17H2,1-2H3. The van der Waals surface area contributed by atoms with E-state index in [1.165, 1.54) is 0 Å². The van der Waals surface area contributed by atoms with Gasteiger partial charge in [-0.15, -0.1) is 0 Å². The molecule has 1 aliphatic heterocycles. The van der Waals surface area contributed by atoms with Crippen LogP contribution in [0.3, 0.4) is 0 Å². The van der Waals surface area contributed by atoms with Gasteiger partial charge in [0, 0.05) is 25.6 Å². The maximum atomic E-state index is 12.1. The molecule has 2 atom stereocenters. The first-order chi connectivity index (χ1) is 9.60. The summed E-state index contributed by atoms with van der Waals surface area (Å²) in [6.45, 7) is 3.63. The molecule has 1 aromatic carbocycles. The van der Waals surface area contributed by atoms with Crippen molar-refractivity contribution >= 4 is 5.91 Å². The van der Waals surface area contributed by atoms with Crippen molar-refractivity contribution in [2.24, 2.45) is 11.7 Å². The Labute approximate surface area is 120 Å². The van der Waals surface area contributed by atoms with Crippen LogP contribution in [-0.2, 0) is 4.79 Å². The minimum Gasteiger partial charge on any atom is -0.497 e. The monoisotopic (exact) mass is 276 g/mol. The Morgan fingerprint density at radius 3 is 2.70 bits per heavy atom. The molecule has 2 unspecified atom stereocenters. The highest BCUT2D eigenvalue weighted by atomic mass is 16.5. The number of carbonyl (C=O) groups excluding carboxylic acids is 1. The van der Waals surface area contributed by atoms with Gasteiger partial charge in [-0.3, -0.25) is 4.79 Å². The number of likely N-dealkylation sites (tertiary alicyclic amines) is 1. The molecule has 20 heavy (non-hydrogen) atoms. The molecule has 110 valence electrons. The van der Waals surface area contributed by atoms with Crippen molar-refractivity contribution in [1.29, 1.82) is 0 Å². The molecule has 1 amide bonds. The van der Waals surface area contributed by atoms with Crippen LogP contribution in [0.1, 0.15) is 37.8 Å². The fourth-order valence-corrected chi connectivity index (χ4v) is 2.56. The van der Waals surface area contributed by atoms with Gasteiger partial charge in [-0.2, -0.15) is 0 Å². The second-order valence-corrected chi connectivity index (χ2v) is 5.65. The Bertz CT molecular complexity index is 444. The number of benzene rings is 1. The van der Waals surface area contributed by atoms with Gasteiger partial charge in [0.1, 0.15) is 5.75 Å². The van der Waals surface area contributed by atoms with Gasteiger partial charge in [0.05, 0.1) is 7.11 Å². The van der Waals surface area contributed by atoms with Crippen LogP contribution >= 0.6 is 0 Å². The molecule has 0 spiro atoms. The van der Waals surface area contributed by atoms with Crippen molar-refractivity contribution in [2.45, 2.75) is 32.2 Å². The van der Waals surface area contributed by atoms with E-state index in [2.05, 4.69) is 6.92 Å². The lowest BCUT2D eigenvalue weighted by Gasteiger charge is -2.24. The smallest absolute Gasteiger partial charge is 0.222 e. The first-order valence-corrected chi connectivity index (χ1v) is 7.27. The van der Waals surface area contributed by atoms with Crippen LogP contribution in [0.25, 0.3) is 0 Å². The van der Waals surface area contributed by atoms with Gasteiger partial charge in [0.2, 0.25) is 5.91 Å². The fourth-order valence-electron chi connectivity index (χ4n) is 2.56. The number of methoxy groups -OCH3 is 1. The van der Waals surface area contributed by atoms with E-state index in [-0.39, 0.29) is 11.9 Å². The number of ether oxygens (including phenoxy) is 1. The van der Waals surface area contributed by atoms with Crippen molar-refractivity contribution in [3.8, 4) is 5.75 Å². The predicted octanol–water partition coefficient (Wildman–Crippen LogP) is 2.34. The summed E-state index contributed by atoms with van der Waals surface area (Å²) in [5.74, 6) is 1.68. The van der Waals surface area contributed by atoms with Crippen molar-refractivity contribution in [2.75, 3.05) is 20.2 Å². The minimum absolute atomic E-state index is 0.140.